The fourth-order valence-corrected chi connectivity index (χ4v) is 1.61. The summed E-state index contributed by atoms with van der Waals surface area (Å²) in [6.45, 7) is 0. The van der Waals surface area contributed by atoms with Gasteiger partial charge in [0.05, 0.1) is 11.6 Å². The lowest BCUT2D eigenvalue weighted by atomic mass is 10.2. The molecule has 2 aromatic rings. The lowest BCUT2D eigenvalue weighted by Crippen LogP contribution is -2.07. The summed E-state index contributed by atoms with van der Waals surface area (Å²) in [6, 6.07) is 15.2. The number of rotatable bonds is 3. The third kappa shape index (κ3) is 3.72. The van der Waals surface area contributed by atoms with E-state index in [0.717, 1.165) is 5.56 Å². The summed E-state index contributed by atoms with van der Waals surface area (Å²) in [4.78, 5) is 11.7. The van der Waals surface area contributed by atoms with Gasteiger partial charge in [-0.25, -0.2) is 0 Å². The molecule has 0 aliphatic heterocycles. The van der Waals surface area contributed by atoms with Crippen molar-refractivity contribution in [3.63, 3.8) is 0 Å². The number of nitrogens with one attached hydrogen (secondary N) is 1. The van der Waals surface area contributed by atoms with Gasteiger partial charge in [-0.1, -0.05) is 12.1 Å². The Morgan fingerprint density at radius 3 is 2.60 bits per heavy atom. The van der Waals surface area contributed by atoms with Gasteiger partial charge in [0.15, 0.2) is 0 Å². The molecule has 0 spiro atoms. The molecule has 2 aromatic carbocycles. The maximum absolute atomic E-state index is 11.7. The van der Waals surface area contributed by atoms with Crippen LogP contribution in [0.15, 0.2) is 54.6 Å². The third-order valence-corrected chi connectivity index (χ3v) is 2.58. The number of nitriles is 1. The van der Waals surface area contributed by atoms with Crippen molar-refractivity contribution in [2.75, 3.05) is 5.32 Å². The first kappa shape index (κ1) is 13.4. The summed E-state index contributed by atoms with van der Waals surface area (Å²) < 4.78 is 0. The molecule has 0 heterocycles. The number of phenols is 1. The number of carbonyl (C=O) groups excluding carboxylic acids is 1. The molecule has 0 aliphatic rings. The van der Waals surface area contributed by atoms with Gasteiger partial charge < -0.3 is 10.4 Å². The number of benzene rings is 2. The van der Waals surface area contributed by atoms with Crippen LogP contribution < -0.4 is 5.32 Å². The maximum atomic E-state index is 11.7. The van der Waals surface area contributed by atoms with Crippen molar-refractivity contribution in [1.29, 1.82) is 5.26 Å². The Bertz CT molecular complexity index is 682. The van der Waals surface area contributed by atoms with Crippen LogP contribution in [0.4, 0.5) is 5.69 Å². The first-order valence-corrected chi connectivity index (χ1v) is 5.95. The van der Waals surface area contributed by atoms with E-state index in [4.69, 9.17) is 5.26 Å². The van der Waals surface area contributed by atoms with Crippen molar-refractivity contribution in [3.05, 3.63) is 65.7 Å². The second-order valence-electron chi connectivity index (χ2n) is 4.11. The van der Waals surface area contributed by atoms with Crippen LogP contribution in [0.5, 0.6) is 5.75 Å². The molecule has 4 heteroatoms. The maximum Gasteiger partial charge on any atom is 0.248 e. The largest absolute Gasteiger partial charge is 0.508 e. The summed E-state index contributed by atoms with van der Waals surface area (Å²) in [5.41, 5.74) is 1.90. The Morgan fingerprint density at radius 2 is 1.95 bits per heavy atom. The predicted octanol–water partition coefficient (Wildman–Crippen LogP) is 2.92. The normalized spacial score (nSPS) is 10.2. The summed E-state index contributed by atoms with van der Waals surface area (Å²) in [7, 11) is 0. The van der Waals surface area contributed by atoms with Crippen LogP contribution in [0, 0.1) is 11.3 Å². The highest BCUT2D eigenvalue weighted by atomic mass is 16.3. The number of anilines is 1. The molecule has 1 amide bonds. The van der Waals surface area contributed by atoms with E-state index in [1.54, 1.807) is 54.6 Å². The number of aromatic hydroxyl groups is 1. The second-order valence-corrected chi connectivity index (χ2v) is 4.11. The van der Waals surface area contributed by atoms with Gasteiger partial charge in [0, 0.05) is 11.8 Å². The minimum absolute atomic E-state index is 0.152. The highest BCUT2D eigenvalue weighted by Crippen LogP contribution is 2.12. The Kier molecular flexibility index (Phi) is 4.15. The van der Waals surface area contributed by atoms with Gasteiger partial charge >= 0.3 is 0 Å². The number of hydrogen-bond donors (Lipinski definition) is 2. The van der Waals surface area contributed by atoms with Crippen LogP contribution in [0.25, 0.3) is 6.08 Å². The molecule has 0 aromatic heterocycles. The molecule has 98 valence electrons. The smallest absolute Gasteiger partial charge is 0.248 e. The van der Waals surface area contributed by atoms with E-state index >= 15 is 0 Å². The fourth-order valence-electron chi connectivity index (χ4n) is 1.61. The first-order valence-electron chi connectivity index (χ1n) is 5.95. The van der Waals surface area contributed by atoms with Crippen molar-refractivity contribution >= 4 is 17.7 Å². The van der Waals surface area contributed by atoms with Gasteiger partial charge in [0.25, 0.3) is 0 Å². The van der Waals surface area contributed by atoms with Crippen LogP contribution in [0.3, 0.4) is 0 Å². The molecular formula is C16H12N2O2. The molecule has 0 radical (unpaired) electrons. The lowest BCUT2D eigenvalue weighted by Gasteiger charge is -2.01. The minimum Gasteiger partial charge on any atom is -0.508 e. The van der Waals surface area contributed by atoms with Crippen molar-refractivity contribution < 1.29 is 9.90 Å². The number of hydrogen-bond acceptors (Lipinski definition) is 3. The van der Waals surface area contributed by atoms with E-state index in [0.29, 0.717) is 11.3 Å². The molecule has 20 heavy (non-hydrogen) atoms. The van der Waals surface area contributed by atoms with Gasteiger partial charge in [-0.05, 0) is 48.0 Å². The van der Waals surface area contributed by atoms with Gasteiger partial charge in [0.1, 0.15) is 5.75 Å². The fraction of sp³-hybridized carbons (Fsp3) is 0. The average molecular weight is 264 g/mol. The van der Waals surface area contributed by atoms with Gasteiger partial charge in [-0.3, -0.25) is 4.79 Å². The lowest BCUT2D eigenvalue weighted by molar-refractivity contribution is -0.111. The molecule has 0 atom stereocenters. The standard InChI is InChI=1S/C16H12N2O2/c17-11-13-4-7-14(8-5-13)18-16(20)9-6-12-2-1-3-15(19)10-12/h1-10,19H,(H,18,20)/b9-6+. The van der Waals surface area contributed by atoms with Gasteiger partial charge in [0.2, 0.25) is 5.91 Å². The van der Waals surface area contributed by atoms with E-state index in [2.05, 4.69) is 5.32 Å². The predicted molar refractivity (Wildman–Crippen MR) is 76.9 cm³/mol. The SMILES string of the molecule is N#Cc1ccc(NC(=O)/C=C/c2cccc(O)c2)cc1. The highest BCUT2D eigenvalue weighted by Gasteiger charge is 1.98. The minimum atomic E-state index is -0.280. The monoisotopic (exact) mass is 264 g/mol. The molecule has 0 bridgehead atoms. The second kappa shape index (κ2) is 6.21. The van der Waals surface area contributed by atoms with Crippen LogP contribution in [-0.4, -0.2) is 11.0 Å². The van der Waals surface area contributed by atoms with Crippen LogP contribution >= 0.6 is 0 Å². The van der Waals surface area contributed by atoms with E-state index in [9.17, 15) is 9.90 Å². The summed E-state index contributed by atoms with van der Waals surface area (Å²) in [5, 5.41) is 20.7. The van der Waals surface area contributed by atoms with Crippen LogP contribution in [0.1, 0.15) is 11.1 Å². The van der Waals surface area contributed by atoms with E-state index < -0.39 is 0 Å². The van der Waals surface area contributed by atoms with E-state index in [-0.39, 0.29) is 11.7 Å². The Hall–Kier alpha value is -3.06. The highest BCUT2D eigenvalue weighted by molar-refractivity contribution is 6.01. The summed E-state index contributed by atoms with van der Waals surface area (Å²) >= 11 is 0. The van der Waals surface area contributed by atoms with Crippen molar-refractivity contribution in [2.45, 2.75) is 0 Å². The number of carbonyl (C=O) groups is 1. The van der Waals surface area contributed by atoms with Gasteiger partial charge in [-0.15, -0.1) is 0 Å². The molecule has 0 saturated heterocycles. The third-order valence-electron chi connectivity index (χ3n) is 2.58. The van der Waals surface area contributed by atoms with E-state index in [1.807, 2.05) is 6.07 Å². The summed E-state index contributed by atoms with van der Waals surface area (Å²) in [6.07, 6.45) is 2.99. The zero-order chi connectivity index (χ0) is 14.4. The number of nitrogens with zero attached hydrogens (tertiary/aromatic N) is 1. The average Bonchev–Trinajstić information content (AvgIpc) is 2.46. The Balaban J connectivity index is 2.00. The summed E-state index contributed by atoms with van der Waals surface area (Å²) in [5.74, 6) is -0.127. The van der Waals surface area contributed by atoms with Crippen molar-refractivity contribution in [2.24, 2.45) is 0 Å². The van der Waals surface area contributed by atoms with Crippen molar-refractivity contribution in [1.82, 2.24) is 0 Å². The van der Waals surface area contributed by atoms with Crippen LogP contribution in [-0.2, 0) is 4.79 Å². The Labute approximate surface area is 116 Å². The zero-order valence-electron chi connectivity index (χ0n) is 10.6. The van der Waals surface area contributed by atoms with E-state index in [1.165, 1.54) is 6.08 Å². The first-order chi connectivity index (χ1) is 9.67. The van der Waals surface area contributed by atoms with Crippen LogP contribution in [0.2, 0.25) is 0 Å². The molecule has 2 rings (SSSR count). The van der Waals surface area contributed by atoms with Crippen molar-refractivity contribution in [3.8, 4) is 11.8 Å². The molecular weight excluding hydrogens is 252 g/mol. The molecule has 0 fully saturated rings. The number of amides is 1. The molecule has 0 saturated carbocycles. The quantitative estimate of drug-likeness (QED) is 0.837. The zero-order valence-corrected chi connectivity index (χ0v) is 10.6. The topological polar surface area (TPSA) is 73.1 Å². The molecule has 2 N–H and O–H groups in total. The molecule has 4 nitrogen and oxygen atoms in total. The number of phenolic OH excluding ortho intramolecular Hbond substituents is 1. The Morgan fingerprint density at radius 1 is 1.20 bits per heavy atom. The molecule has 0 aliphatic carbocycles. The van der Waals surface area contributed by atoms with Gasteiger partial charge in [-0.2, -0.15) is 5.26 Å². The molecule has 0 unspecified atom stereocenters.